The Labute approximate surface area is 210 Å². The van der Waals surface area contributed by atoms with Gasteiger partial charge in [0.2, 0.25) is 0 Å². The van der Waals surface area contributed by atoms with Crippen LogP contribution in [0, 0.1) is 5.92 Å². The first-order valence-corrected chi connectivity index (χ1v) is 12.6. The summed E-state index contributed by atoms with van der Waals surface area (Å²) < 4.78 is 16.2. The summed E-state index contributed by atoms with van der Waals surface area (Å²) in [6, 6.07) is 14.7. The zero-order valence-electron chi connectivity index (χ0n) is 20.3. The summed E-state index contributed by atoms with van der Waals surface area (Å²) in [5.41, 5.74) is 2.01. The molecule has 0 saturated carbocycles. The number of piperidine rings is 1. The Morgan fingerprint density at radius 1 is 1.11 bits per heavy atom. The van der Waals surface area contributed by atoms with E-state index in [1.54, 1.807) is 24.3 Å². The van der Waals surface area contributed by atoms with E-state index < -0.39 is 6.17 Å². The number of alkyl halides is 1. The van der Waals surface area contributed by atoms with Gasteiger partial charge < -0.3 is 4.90 Å². The highest BCUT2D eigenvalue weighted by atomic mass is 35.5. The number of Topliss-reactive ketones (excluding diaryl/α,β-unsaturated/α-hetero) is 1. The van der Waals surface area contributed by atoms with Gasteiger partial charge in [-0.2, -0.15) is 4.68 Å². The minimum Gasteiger partial charge on any atom is -0.303 e. The van der Waals surface area contributed by atoms with Gasteiger partial charge in [0.25, 0.3) is 0 Å². The van der Waals surface area contributed by atoms with E-state index in [1.165, 1.54) is 9.25 Å². The van der Waals surface area contributed by atoms with Gasteiger partial charge in [0.15, 0.2) is 0 Å². The molecule has 1 aromatic heterocycles. The lowest BCUT2D eigenvalue weighted by atomic mass is 10.1. The molecule has 0 N–H and O–H groups in total. The van der Waals surface area contributed by atoms with E-state index in [-0.39, 0.29) is 23.8 Å². The van der Waals surface area contributed by atoms with Crippen molar-refractivity contribution in [3.05, 3.63) is 75.4 Å². The second-order valence-corrected chi connectivity index (χ2v) is 10.1. The molecule has 0 radical (unpaired) electrons. The fourth-order valence-corrected chi connectivity index (χ4v) is 4.67. The first-order chi connectivity index (χ1) is 16.8. The van der Waals surface area contributed by atoms with Gasteiger partial charge in [-0.3, -0.25) is 4.79 Å². The van der Waals surface area contributed by atoms with Crippen LogP contribution >= 0.6 is 11.6 Å². The number of aromatic nitrogens is 3. The van der Waals surface area contributed by atoms with Gasteiger partial charge in [-0.15, -0.1) is 5.10 Å². The normalized spacial score (nSPS) is 15.1. The van der Waals surface area contributed by atoms with Gasteiger partial charge in [0, 0.05) is 31.1 Å². The van der Waals surface area contributed by atoms with Crippen molar-refractivity contribution < 1.29 is 9.18 Å². The van der Waals surface area contributed by atoms with Crippen LogP contribution in [-0.2, 0) is 17.6 Å². The standard InChI is InChI=1S/C27H32ClFN4O2/c1-19(2)16-25(34)18-26-30-33(27(35)32(26)24-5-3-4-21(28)17-24)23-8-6-20(7-9-23)10-13-31-14-11-22(29)12-15-31/h3-9,17,19,22H,10-16,18H2,1-2H3. The van der Waals surface area contributed by atoms with Crippen LogP contribution in [0.1, 0.15) is 44.5 Å². The van der Waals surface area contributed by atoms with Crippen LogP contribution in [0.4, 0.5) is 4.39 Å². The lowest BCUT2D eigenvalue weighted by Crippen LogP contribution is -2.35. The number of hydrogen-bond donors (Lipinski definition) is 0. The van der Waals surface area contributed by atoms with E-state index in [0.29, 0.717) is 41.5 Å². The number of carbonyl (C=O) groups is 1. The maximum Gasteiger partial charge on any atom is 0.355 e. The highest BCUT2D eigenvalue weighted by Gasteiger charge is 2.20. The van der Waals surface area contributed by atoms with E-state index >= 15 is 0 Å². The number of nitrogens with zero attached hydrogens (tertiary/aromatic N) is 4. The molecule has 0 atom stereocenters. The van der Waals surface area contributed by atoms with Gasteiger partial charge in [0.05, 0.1) is 17.8 Å². The third-order valence-electron chi connectivity index (χ3n) is 6.32. The Morgan fingerprint density at radius 3 is 2.49 bits per heavy atom. The molecule has 0 spiro atoms. The molecule has 0 unspecified atom stereocenters. The molecule has 6 nitrogen and oxygen atoms in total. The number of likely N-dealkylation sites (tertiary alicyclic amines) is 1. The first kappa shape index (κ1) is 25.3. The quantitative estimate of drug-likeness (QED) is 0.425. The maximum absolute atomic E-state index is 13.4. The fraction of sp³-hybridized carbons (Fsp3) is 0.444. The first-order valence-electron chi connectivity index (χ1n) is 12.2. The van der Waals surface area contributed by atoms with Crippen LogP contribution in [0.2, 0.25) is 5.02 Å². The molecule has 8 heteroatoms. The van der Waals surface area contributed by atoms with Crippen molar-refractivity contribution in [2.75, 3.05) is 19.6 Å². The molecule has 1 saturated heterocycles. The van der Waals surface area contributed by atoms with Crippen molar-refractivity contribution in [1.29, 1.82) is 0 Å². The summed E-state index contributed by atoms with van der Waals surface area (Å²) in [4.78, 5) is 28.3. The Balaban J connectivity index is 1.57. The lowest BCUT2D eigenvalue weighted by Gasteiger charge is -2.28. The molecule has 35 heavy (non-hydrogen) atoms. The second kappa shape index (κ2) is 11.3. The molecule has 0 amide bonds. The Morgan fingerprint density at radius 2 is 1.83 bits per heavy atom. The summed E-state index contributed by atoms with van der Waals surface area (Å²) in [7, 11) is 0. The van der Waals surface area contributed by atoms with E-state index in [4.69, 9.17) is 11.6 Å². The SMILES string of the molecule is CC(C)CC(=O)Cc1nn(-c2ccc(CCN3CCC(F)CC3)cc2)c(=O)n1-c1cccc(Cl)c1. The van der Waals surface area contributed by atoms with E-state index in [2.05, 4.69) is 10.00 Å². The minimum absolute atomic E-state index is 0.0348. The largest absolute Gasteiger partial charge is 0.355 e. The van der Waals surface area contributed by atoms with Crippen molar-refractivity contribution in [3.8, 4) is 11.4 Å². The molecule has 1 aliphatic heterocycles. The molecule has 2 heterocycles. The number of halogens is 2. The van der Waals surface area contributed by atoms with Crippen LogP contribution < -0.4 is 5.69 Å². The van der Waals surface area contributed by atoms with Gasteiger partial charge >= 0.3 is 5.69 Å². The number of carbonyl (C=O) groups excluding carboxylic acids is 1. The highest BCUT2D eigenvalue weighted by Crippen LogP contribution is 2.18. The van der Waals surface area contributed by atoms with Gasteiger partial charge in [-0.25, -0.2) is 13.8 Å². The van der Waals surface area contributed by atoms with Crippen LogP contribution in [-0.4, -0.2) is 50.8 Å². The summed E-state index contributed by atoms with van der Waals surface area (Å²) >= 11 is 6.18. The molecule has 1 fully saturated rings. The lowest BCUT2D eigenvalue weighted by molar-refractivity contribution is -0.119. The predicted molar refractivity (Wildman–Crippen MR) is 137 cm³/mol. The van der Waals surface area contributed by atoms with Crippen molar-refractivity contribution in [1.82, 2.24) is 19.2 Å². The molecule has 2 aromatic carbocycles. The minimum atomic E-state index is -0.666. The molecule has 0 aliphatic carbocycles. The molecule has 1 aliphatic rings. The summed E-state index contributed by atoms with van der Waals surface area (Å²) in [5, 5.41) is 5.05. The van der Waals surface area contributed by atoms with Crippen molar-refractivity contribution in [2.24, 2.45) is 5.92 Å². The van der Waals surface area contributed by atoms with Crippen LogP contribution in [0.25, 0.3) is 11.4 Å². The zero-order chi connectivity index (χ0) is 24.9. The molecular weight excluding hydrogens is 467 g/mol. The summed E-state index contributed by atoms with van der Waals surface area (Å²) in [5.74, 6) is 0.655. The topological polar surface area (TPSA) is 60.1 Å². The number of hydrogen-bond acceptors (Lipinski definition) is 4. The number of rotatable bonds is 9. The van der Waals surface area contributed by atoms with E-state index in [9.17, 15) is 14.0 Å². The predicted octanol–water partition coefficient (Wildman–Crippen LogP) is 4.81. The van der Waals surface area contributed by atoms with Gasteiger partial charge in [-0.1, -0.05) is 43.6 Å². The Hall–Kier alpha value is -2.77. The molecule has 186 valence electrons. The van der Waals surface area contributed by atoms with Crippen LogP contribution in [0.15, 0.2) is 53.3 Å². The second-order valence-electron chi connectivity index (χ2n) is 9.67. The third-order valence-corrected chi connectivity index (χ3v) is 6.55. The van der Waals surface area contributed by atoms with Gasteiger partial charge in [-0.05, 0) is 61.1 Å². The van der Waals surface area contributed by atoms with Crippen molar-refractivity contribution in [2.45, 2.75) is 52.1 Å². The average molecular weight is 499 g/mol. The monoisotopic (exact) mass is 498 g/mol. The maximum atomic E-state index is 13.4. The Bertz CT molecular complexity index is 1210. The van der Waals surface area contributed by atoms with E-state index in [1.807, 2.05) is 38.1 Å². The molecular formula is C27H32ClFN4O2. The average Bonchev–Trinajstić information content (AvgIpc) is 3.14. The smallest absolute Gasteiger partial charge is 0.303 e. The summed E-state index contributed by atoms with van der Waals surface area (Å²) in [6.45, 7) is 6.47. The van der Waals surface area contributed by atoms with Crippen molar-refractivity contribution >= 4 is 17.4 Å². The summed E-state index contributed by atoms with van der Waals surface area (Å²) in [6.07, 6.45) is 1.91. The van der Waals surface area contributed by atoms with Crippen LogP contribution in [0.5, 0.6) is 0 Å². The molecule has 4 rings (SSSR count). The van der Waals surface area contributed by atoms with Crippen molar-refractivity contribution in [3.63, 3.8) is 0 Å². The number of benzene rings is 2. The number of ketones is 1. The van der Waals surface area contributed by atoms with Crippen LogP contribution in [0.3, 0.4) is 0 Å². The Kier molecular flexibility index (Phi) is 8.19. The third kappa shape index (κ3) is 6.47. The van der Waals surface area contributed by atoms with E-state index in [0.717, 1.165) is 31.6 Å². The van der Waals surface area contributed by atoms with Gasteiger partial charge in [0.1, 0.15) is 17.8 Å². The molecule has 3 aromatic rings. The molecule has 0 bridgehead atoms. The highest BCUT2D eigenvalue weighted by molar-refractivity contribution is 6.30. The fourth-order valence-electron chi connectivity index (χ4n) is 4.49. The zero-order valence-corrected chi connectivity index (χ0v) is 21.0.